The van der Waals surface area contributed by atoms with E-state index < -0.39 is 10.8 Å². The maximum Gasteiger partial charge on any atom is 0.272 e. The lowest BCUT2D eigenvalue weighted by atomic mass is 10.1. The van der Waals surface area contributed by atoms with Crippen LogP contribution in [0.3, 0.4) is 0 Å². The number of non-ortho nitro benzene ring substituents is 1. The Hall–Kier alpha value is -2.55. The molecule has 1 amide bonds. The third-order valence-corrected chi connectivity index (χ3v) is 5.17. The first-order valence-electron chi connectivity index (χ1n) is 8.87. The van der Waals surface area contributed by atoms with Crippen molar-refractivity contribution >= 4 is 69.2 Å². The van der Waals surface area contributed by atoms with Gasteiger partial charge in [0.15, 0.2) is 11.5 Å². The number of benzene rings is 2. The molecule has 0 heterocycles. The molecule has 0 radical (unpaired) electrons. The van der Waals surface area contributed by atoms with Gasteiger partial charge in [-0.1, -0.05) is 23.2 Å². The highest BCUT2D eigenvalue weighted by Gasteiger charge is 2.19. The van der Waals surface area contributed by atoms with E-state index in [-0.39, 0.29) is 27.0 Å². The summed E-state index contributed by atoms with van der Waals surface area (Å²) < 4.78 is 12.0. The van der Waals surface area contributed by atoms with Crippen LogP contribution in [0.2, 0.25) is 10.0 Å². The van der Waals surface area contributed by atoms with Gasteiger partial charge in [-0.25, -0.2) is 0 Å². The SMILES string of the molecule is CCOc1cc(/C=C(\C#N)C(=O)Nc2c(Cl)cc([N+](=O)[O-])cc2Cl)cc(I)c1OCC. The van der Waals surface area contributed by atoms with Crippen molar-refractivity contribution in [1.29, 1.82) is 5.26 Å². The van der Waals surface area contributed by atoms with Crippen molar-refractivity contribution in [3.8, 4) is 17.6 Å². The largest absolute Gasteiger partial charge is 0.490 e. The minimum absolute atomic E-state index is 0.0311. The van der Waals surface area contributed by atoms with E-state index in [1.54, 1.807) is 12.1 Å². The Morgan fingerprint density at radius 1 is 1.23 bits per heavy atom. The molecule has 0 unspecified atom stereocenters. The number of nitriles is 1. The Morgan fingerprint density at radius 2 is 1.84 bits per heavy atom. The molecule has 8 nitrogen and oxygen atoms in total. The first kappa shape index (κ1) is 24.7. The van der Waals surface area contributed by atoms with Crippen molar-refractivity contribution in [2.45, 2.75) is 13.8 Å². The molecule has 2 rings (SSSR count). The fourth-order valence-electron chi connectivity index (χ4n) is 2.50. The topological polar surface area (TPSA) is 114 Å². The predicted octanol–water partition coefficient (Wildman–Crippen LogP) is 5.85. The Labute approximate surface area is 202 Å². The van der Waals surface area contributed by atoms with E-state index in [9.17, 15) is 20.2 Å². The summed E-state index contributed by atoms with van der Waals surface area (Å²) in [5.74, 6) is 0.290. The Kier molecular flexibility index (Phi) is 8.91. The number of halogens is 3. The van der Waals surface area contributed by atoms with Gasteiger partial charge in [-0.2, -0.15) is 5.26 Å². The standard InChI is InChI=1S/C20H16Cl2IN3O5/c1-3-30-17-7-11(6-16(23)19(17)31-4-2)5-12(10-24)20(27)25-18-14(21)8-13(26(28)29)9-15(18)22/h5-9H,3-4H2,1-2H3,(H,25,27)/b12-5+. The second-order valence-electron chi connectivity index (χ2n) is 5.86. The van der Waals surface area contributed by atoms with Crippen LogP contribution in [0, 0.1) is 25.0 Å². The molecule has 0 spiro atoms. The van der Waals surface area contributed by atoms with Crippen molar-refractivity contribution in [3.63, 3.8) is 0 Å². The first-order valence-corrected chi connectivity index (χ1v) is 10.7. The summed E-state index contributed by atoms with van der Waals surface area (Å²) in [5.41, 5.74) is -0.0374. The molecular weight excluding hydrogens is 560 g/mol. The van der Waals surface area contributed by atoms with Gasteiger partial charge in [0.25, 0.3) is 11.6 Å². The van der Waals surface area contributed by atoms with E-state index in [1.807, 2.05) is 19.9 Å². The average Bonchev–Trinajstić information content (AvgIpc) is 2.71. The van der Waals surface area contributed by atoms with E-state index in [0.29, 0.717) is 30.3 Å². The number of amides is 1. The molecular formula is C20H16Cl2IN3O5. The third-order valence-electron chi connectivity index (χ3n) is 3.77. The number of anilines is 1. The van der Waals surface area contributed by atoms with Crippen LogP contribution >= 0.6 is 45.8 Å². The van der Waals surface area contributed by atoms with Gasteiger partial charge in [0.2, 0.25) is 0 Å². The molecule has 0 fully saturated rings. The zero-order valence-corrected chi connectivity index (χ0v) is 20.0. The van der Waals surface area contributed by atoms with E-state index >= 15 is 0 Å². The molecule has 0 atom stereocenters. The van der Waals surface area contributed by atoms with Crippen molar-refractivity contribution in [2.24, 2.45) is 0 Å². The van der Waals surface area contributed by atoms with Crippen LogP contribution in [0.4, 0.5) is 11.4 Å². The normalized spacial score (nSPS) is 10.9. The molecule has 162 valence electrons. The minimum atomic E-state index is -0.776. The van der Waals surface area contributed by atoms with Crippen LogP contribution in [0.5, 0.6) is 11.5 Å². The molecule has 0 aliphatic heterocycles. The van der Waals surface area contributed by atoms with Crippen molar-refractivity contribution in [2.75, 3.05) is 18.5 Å². The fourth-order valence-corrected chi connectivity index (χ4v) is 3.85. The minimum Gasteiger partial charge on any atom is -0.490 e. The summed E-state index contributed by atoms with van der Waals surface area (Å²) in [7, 11) is 0. The fraction of sp³-hybridized carbons (Fsp3) is 0.200. The summed E-state index contributed by atoms with van der Waals surface area (Å²) >= 11 is 14.1. The molecule has 11 heteroatoms. The number of hydrogen-bond acceptors (Lipinski definition) is 6. The maximum atomic E-state index is 12.6. The van der Waals surface area contributed by atoms with Gasteiger partial charge in [-0.3, -0.25) is 14.9 Å². The van der Waals surface area contributed by atoms with Crippen LogP contribution in [0.15, 0.2) is 29.8 Å². The van der Waals surface area contributed by atoms with Gasteiger partial charge < -0.3 is 14.8 Å². The summed E-state index contributed by atoms with van der Waals surface area (Å²) in [6, 6.07) is 7.35. The maximum absolute atomic E-state index is 12.6. The number of carbonyl (C=O) groups is 1. The molecule has 0 bridgehead atoms. The number of nitro benzene ring substituents is 1. The van der Waals surface area contributed by atoms with E-state index in [0.717, 1.165) is 15.7 Å². The molecule has 0 saturated heterocycles. The second-order valence-corrected chi connectivity index (χ2v) is 7.84. The zero-order chi connectivity index (χ0) is 23.1. The monoisotopic (exact) mass is 575 g/mol. The van der Waals surface area contributed by atoms with Gasteiger partial charge in [0.1, 0.15) is 11.6 Å². The summed E-state index contributed by atoms with van der Waals surface area (Å²) in [6.07, 6.45) is 1.38. The van der Waals surface area contributed by atoms with Gasteiger partial charge >= 0.3 is 0 Å². The van der Waals surface area contributed by atoms with Gasteiger partial charge in [-0.15, -0.1) is 0 Å². The number of carbonyl (C=O) groups excluding carboxylic acids is 1. The van der Waals surface area contributed by atoms with Crippen LogP contribution in [-0.4, -0.2) is 24.0 Å². The van der Waals surface area contributed by atoms with Crippen molar-refractivity contribution < 1.29 is 19.2 Å². The molecule has 2 aromatic carbocycles. The van der Waals surface area contributed by atoms with E-state index in [4.69, 9.17) is 32.7 Å². The summed E-state index contributed by atoms with van der Waals surface area (Å²) in [5, 5.41) is 22.5. The van der Waals surface area contributed by atoms with Crippen LogP contribution < -0.4 is 14.8 Å². The molecule has 0 aliphatic rings. The number of ether oxygens (including phenoxy) is 2. The number of rotatable bonds is 8. The molecule has 0 aliphatic carbocycles. The number of hydrogen-bond donors (Lipinski definition) is 1. The summed E-state index contributed by atoms with van der Waals surface area (Å²) in [6.45, 7) is 4.54. The van der Waals surface area contributed by atoms with E-state index in [1.165, 1.54) is 6.08 Å². The highest BCUT2D eigenvalue weighted by Crippen LogP contribution is 2.36. The Morgan fingerprint density at radius 3 is 2.35 bits per heavy atom. The van der Waals surface area contributed by atoms with Crippen LogP contribution in [0.25, 0.3) is 6.08 Å². The molecule has 1 N–H and O–H groups in total. The predicted molar refractivity (Wildman–Crippen MR) is 127 cm³/mol. The highest BCUT2D eigenvalue weighted by atomic mass is 127. The van der Waals surface area contributed by atoms with Gasteiger partial charge in [-0.05, 0) is 60.2 Å². The Bertz CT molecular complexity index is 1080. The Balaban J connectivity index is 2.39. The molecule has 31 heavy (non-hydrogen) atoms. The van der Waals surface area contributed by atoms with Crippen molar-refractivity contribution in [1.82, 2.24) is 0 Å². The zero-order valence-electron chi connectivity index (χ0n) is 16.4. The molecule has 0 saturated carbocycles. The quantitative estimate of drug-likeness (QED) is 0.139. The second kappa shape index (κ2) is 11.2. The van der Waals surface area contributed by atoms with Crippen LogP contribution in [-0.2, 0) is 4.79 Å². The smallest absolute Gasteiger partial charge is 0.272 e. The average molecular weight is 576 g/mol. The van der Waals surface area contributed by atoms with Gasteiger partial charge in [0.05, 0.1) is 37.4 Å². The number of nitrogens with zero attached hydrogens (tertiary/aromatic N) is 2. The summed E-state index contributed by atoms with van der Waals surface area (Å²) in [4.78, 5) is 22.9. The number of nitro groups is 1. The van der Waals surface area contributed by atoms with E-state index in [2.05, 4.69) is 27.9 Å². The van der Waals surface area contributed by atoms with Crippen LogP contribution in [0.1, 0.15) is 19.4 Å². The number of nitrogens with one attached hydrogen (secondary N) is 1. The van der Waals surface area contributed by atoms with Crippen molar-refractivity contribution in [3.05, 3.63) is 59.1 Å². The first-order chi connectivity index (χ1) is 14.7. The molecule has 2 aromatic rings. The third kappa shape index (κ3) is 6.22. The van der Waals surface area contributed by atoms with Gasteiger partial charge in [0, 0.05) is 12.1 Å². The lowest BCUT2D eigenvalue weighted by Gasteiger charge is -2.14. The highest BCUT2D eigenvalue weighted by molar-refractivity contribution is 14.1. The molecule has 0 aromatic heterocycles. The lowest BCUT2D eigenvalue weighted by molar-refractivity contribution is -0.384. The lowest BCUT2D eigenvalue weighted by Crippen LogP contribution is -2.14.